The number of hydrogen-bond donors (Lipinski definition) is 1. The fourth-order valence-corrected chi connectivity index (χ4v) is 2.77. The number of benzene rings is 1. The zero-order valence-corrected chi connectivity index (χ0v) is 13.3. The van der Waals surface area contributed by atoms with Crippen LogP contribution in [0.2, 0.25) is 0 Å². The van der Waals surface area contributed by atoms with Gasteiger partial charge in [0, 0.05) is 27.7 Å². The summed E-state index contributed by atoms with van der Waals surface area (Å²) in [6.07, 6.45) is 4.72. The molecule has 1 atom stereocenters. The van der Waals surface area contributed by atoms with E-state index in [0.29, 0.717) is 0 Å². The monoisotopic (exact) mass is 371 g/mol. The van der Waals surface area contributed by atoms with Gasteiger partial charge in [0.25, 0.3) is 0 Å². The Morgan fingerprint density at radius 1 is 1.39 bits per heavy atom. The predicted molar refractivity (Wildman–Crippen MR) is 80.4 cm³/mol. The lowest BCUT2D eigenvalue weighted by Gasteiger charge is -2.13. The van der Waals surface area contributed by atoms with Crippen molar-refractivity contribution >= 4 is 31.9 Å². The molecule has 0 saturated carbocycles. The summed E-state index contributed by atoms with van der Waals surface area (Å²) in [4.78, 5) is 0. The summed E-state index contributed by atoms with van der Waals surface area (Å²) in [7, 11) is 0. The average molecular weight is 373 g/mol. The van der Waals surface area contributed by atoms with Crippen LogP contribution in [-0.2, 0) is 13.0 Å². The first kappa shape index (κ1) is 13.8. The molecule has 0 radical (unpaired) electrons. The molecule has 3 nitrogen and oxygen atoms in total. The van der Waals surface area contributed by atoms with Gasteiger partial charge in [-0.05, 0) is 42.7 Å². The molecule has 2 aromatic rings. The zero-order chi connectivity index (χ0) is 13.1. The second-order valence-electron chi connectivity index (χ2n) is 4.18. The van der Waals surface area contributed by atoms with Crippen LogP contribution in [0.15, 0.2) is 39.5 Å². The summed E-state index contributed by atoms with van der Waals surface area (Å²) in [6, 6.07) is 6.02. The number of nitrogens with zero attached hydrogens (tertiary/aromatic N) is 2. The lowest BCUT2D eigenvalue weighted by Crippen LogP contribution is -2.13. The van der Waals surface area contributed by atoms with Crippen molar-refractivity contribution in [2.75, 3.05) is 0 Å². The molecule has 2 N–H and O–H groups in total. The second kappa shape index (κ2) is 5.99. The standard InChI is InChI=1S/C13H15Br2N3/c1-2-18-8-9(7-17-18)5-13(16)11-6-10(14)3-4-12(11)15/h3-4,6-8,13H,2,5,16H2,1H3. The molecular formula is C13H15Br2N3. The summed E-state index contributed by atoms with van der Waals surface area (Å²) in [5.74, 6) is 0. The Morgan fingerprint density at radius 3 is 2.83 bits per heavy atom. The van der Waals surface area contributed by atoms with Gasteiger partial charge in [-0.25, -0.2) is 0 Å². The fraction of sp³-hybridized carbons (Fsp3) is 0.308. The quantitative estimate of drug-likeness (QED) is 0.889. The SMILES string of the molecule is CCn1cc(CC(N)c2cc(Br)ccc2Br)cn1. The Kier molecular flexibility index (Phi) is 4.59. The van der Waals surface area contributed by atoms with Crippen LogP contribution in [-0.4, -0.2) is 9.78 Å². The van der Waals surface area contributed by atoms with Crippen LogP contribution in [0.5, 0.6) is 0 Å². The molecule has 1 aromatic heterocycles. The van der Waals surface area contributed by atoms with Gasteiger partial charge in [0.1, 0.15) is 0 Å². The van der Waals surface area contributed by atoms with Crippen molar-refractivity contribution in [3.05, 3.63) is 50.7 Å². The first-order valence-corrected chi connectivity index (χ1v) is 7.40. The number of hydrogen-bond acceptors (Lipinski definition) is 2. The third-order valence-corrected chi connectivity index (χ3v) is 4.04. The van der Waals surface area contributed by atoms with Crippen molar-refractivity contribution in [3.8, 4) is 0 Å². The zero-order valence-electron chi connectivity index (χ0n) is 10.1. The van der Waals surface area contributed by atoms with Crippen LogP contribution in [0, 0.1) is 0 Å². The van der Waals surface area contributed by atoms with E-state index >= 15 is 0 Å². The highest BCUT2D eigenvalue weighted by molar-refractivity contribution is 9.11. The molecule has 96 valence electrons. The molecule has 0 fully saturated rings. The number of rotatable bonds is 4. The fourth-order valence-electron chi connectivity index (χ4n) is 1.85. The van der Waals surface area contributed by atoms with Crippen molar-refractivity contribution < 1.29 is 0 Å². The third-order valence-electron chi connectivity index (χ3n) is 2.82. The first-order chi connectivity index (χ1) is 8.60. The van der Waals surface area contributed by atoms with Gasteiger partial charge in [0.15, 0.2) is 0 Å². The van der Waals surface area contributed by atoms with Gasteiger partial charge in [0.05, 0.1) is 6.20 Å². The topological polar surface area (TPSA) is 43.8 Å². The average Bonchev–Trinajstić information content (AvgIpc) is 2.80. The van der Waals surface area contributed by atoms with Gasteiger partial charge in [-0.3, -0.25) is 4.68 Å². The molecule has 0 aliphatic carbocycles. The van der Waals surface area contributed by atoms with Gasteiger partial charge >= 0.3 is 0 Å². The van der Waals surface area contributed by atoms with Crippen LogP contribution >= 0.6 is 31.9 Å². The van der Waals surface area contributed by atoms with E-state index in [-0.39, 0.29) is 6.04 Å². The lowest BCUT2D eigenvalue weighted by atomic mass is 10.0. The van der Waals surface area contributed by atoms with Crippen LogP contribution in [0.4, 0.5) is 0 Å². The van der Waals surface area contributed by atoms with E-state index in [1.54, 1.807) is 0 Å². The maximum absolute atomic E-state index is 6.26. The summed E-state index contributed by atoms with van der Waals surface area (Å²) < 4.78 is 4.00. The van der Waals surface area contributed by atoms with Crippen molar-refractivity contribution in [2.24, 2.45) is 5.73 Å². The van der Waals surface area contributed by atoms with Gasteiger partial charge in [-0.15, -0.1) is 0 Å². The van der Waals surface area contributed by atoms with Crippen molar-refractivity contribution in [3.63, 3.8) is 0 Å². The lowest BCUT2D eigenvalue weighted by molar-refractivity contribution is 0.657. The van der Waals surface area contributed by atoms with E-state index in [1.807, 2.05) is 29.2 Å². The molecule has 0 aliphatic rings. The maximum atomic E-state index is 6.26. The highest BCUT2D eigenvalue weighted by Crippen LogP contribution is 2.27. The smallest absolute Gasteiger partial charge is 0.0522 e. The highest BCUT2D eigenvalue weighted by Gasteiger charge is 2.12. The van der Waals surface area contributed by atoms with Crippen LogP contribution in [0.25, 0.3) is 0 Å². The molecule has 0 saturated heterocycles. The molecule has 0 bridgehead atoms. The van der Waals surface area contributed by atoms with E-state index in [2.05, 4.69) is 49.9 Å². The third kappa shape index (κ3) is 3.22. The Bertz CT molecular complexity index is 537. The number of halogens is 2. The molecule has 2 rings (SSSR count). The Labute approximate surface area is 124 Å². The molecule has 18 heavy (non-hydrogen) atoms. The van der Waals surface area contributed by atoms with E-state index in [0.717, 1.165) is 33.0 Å². The van der Waals surface area contributed by atoms with Gasteiger partial charge in [-0.2, -0.15) is 5.10 Å². The summed E-state index contributed by atoms with van der Waals surface area (Å²) in [5, 5.41) is 4.26. The Balaban J connectivity index is 2.16. The minimum atomic E-state index is -0.0358. The van der Waals surface area contributed by atoms with Crippen molar-refractivity contribution in [2.45, 2.75) is 25.9 Å². The number of aromatic nitrogens is 2. The number of nitrogens with two attached hydrogens (primary N) is 1. The van der Waals surface area contributed by atoms with E-state index < -0.39 is 0 Å². The highest BCUT2D eigenvalue weighted by atomic mass is 79.9. The van der Waals surface area contributed by atoms with Crippen molar-refractivity contribution in [1.29, 1.82) is 0 Å². The van der Waals surface area contributed by atoms with Crippen molar-refractivity contribution in [1.82, 2.24) is 9.78 Å². The molecule has 1 aromatic carbocycles. The predicted octanol–water partition coefficient (Wildman–Crippen LogP) is 3.67. The van der Waals surface area contributed by atoms with E-state index in [4.69, 9.17) is 5.73 Å². The van der Waals surface area contributed by atoms with Gasteiger partial charge in [-0.1, -0.05) is 31.9 Å². The number of aryl methyl sites for hydroxylation is 1. The van der Waals surface area contributed by atoms with E-state index in [9.17, 15) is 0 Å². The first-order valence-electron chi connectivity index (χ1n) is 5.82. The molecule has 1 heterocycles. The molecule has 1 unspecified atom stereocenters. The molecular weight excluding hydrogens is 358 g/mol. The minimum absolute atomic E-state index is 0.0358. The Morgan fingerprint density at radius 2 is 2.17 bits per heavy atom. The largest absolute Gasteiger partial charge is 0.324 e. The van der Waals surface area contributed by atoms with Gasteiger partial charge in [0.2, 0.25) is 0 Å². The van der Waals surface area contributed by atoms with Gasteiger partial charge < -0.3 is 5.73 Å². The molecule has 5 heteroatoms. The molecule has 0 amide bonds. The Hall–Kier alpha value is -0.650. The van der Waals surface area contributed by atoms with Crippen LogP contribution in [0.1, 0.15) is 24.1 Å². The molecule has 0 aliphatic heterocycles. The summed E-state index contributed by atoms with van der Waals surface area (Å²) in [5.41, 5.74) is 8.53. The summed E-state index contributed by atoms with van der Waals surface area (Å²) >= 11 is 7.01. The van der Waals surface area contributed by atoms with Crippen LogP contribution in [0.3, 0.4) is 0 Å². The molecule has 0 spiro atoms. The van der Waals surface area contributed by atoms with E-state index in [1.165, 1.54) is 0 Å². The summed E-state index contributed by atoms with van der Waals surface area (Å²) in [6.45, 7) is 2.96. The minimum Gasteiger partial charge on any atom is -0.324 e. The maximum Gasteiger partial charge on any atom is 0.0522 e. The van der Waals surface area contributed by atoms with Crippen LogP contribution < -0.4 is 5.73 Å². The normalized spacial score (nSPS) is 12.7. The second-order valence-corrected chi connectivity index (χ2v) is 5.95.